The summed E-state index contributed by atoms with van der Waals surface area (Å²) in [7, 11) is 0. The van der Waals surface area contributed by atoms with Gasteiger partial charge in [0.2, 0.25) is 11.7 Å². The number of ketones is 1. The van der Waals surface area contributed by atoms with E-state index in [1.54, 1.807) is 32.3 Å². The van der Waals surface area contributed by atoms with Gasteiger partial charge in [-0.2, -0.15) is 0 Å². The second-order valence-electron chi connectivity index (χ2n) is 19.0. The lowest BCUT2D eigenvalue weighted by Crippen LogP contribution is -2.66. The fraction of sp³-hybridized carbons (Fsp3) is 0.732. The molecule has 2 aromatic heterocycles. The maximum atomic E-state index is 14.1. The molecule has 1 N–H and O–H groups in total. The molecule has 2 heterocycles. The van der Waals surface area contributed by atoms with Gasteiger partial charge in [0.05, 0.1) is 17.3 Å². The van der Waals surface area contributed by atoms with Crippen LogP contribution >= 0.6 is 0 Å². The van der Waals surface area contributed by atoms with Crippen molar-refractivity contribution < 1.29 is 28.6 Å². The third-order valence-electron chi connectivity index (χ3n) is 15.4. The highest BCUT2D eigenvalue weighted by molar-refractivity contribution is 6.01. The largest absolute Gasteiger partial charge is 0.481 e. The van der Waals surface area contributed by atoms with Gasteiger partial charge < -0.3 is 14.3 Å². The predicted octanol–water partition coefficient (Wildman–Crippen LogP) is 8.17. The number of ether oxygens (including phenoxy) is 1. The Morgan fingerprint density at radius 1 is 0.941 bits per heavy atom. The number of esters is 1. The Bertz CT molecular complexity index is 1780. The third kappa shape index (κ3) is 5.11. The van der Waals surface area contributed by atoms with E-state index >= 15 is 0 Å². The molecular weight excluding hydrogens is 644 g/mol. The molecule has 0 amide bonds. The molecule has 2 aromatic rings. The molecule has 0 aliphatic heterocycles. The van der Waals surface area contributed by atoms with Crippen LogP contribution in [0.15, 0.2) is 34.0 Å². The maximum absolute atomic E-state index is 14.1. The van der Waals surface area contributed by atoms with E-state index < -0.39 is 22.8 Å². The molecular formula is C41H56N4O6. The van der Waals surface area contributed by atoms with E-state index in [1.165, 1.54) is 5.57 Å². The van der Waals surface area contributed by atoms with Crippen LogP contribution in [0, 0.1) is 50.7 Å². The van der Waals surface area contributed by atoms with Crippen molar-refractivity contribution in [3.63, 3.8) is 0 Å². The summed E-state index contributed by atoms with van der Waals surface area (Å²) >= 11 is 0. The Morgan fingerprint density at radius 3 is 2.31 bits per heavy atom. The zero-order valence-corrected chi connectivity index (χ0v) is 32.0. The summed E-state index contributed by atoms with van der Waals surface area (Å²) in [5.74, 6) is 1.15. The standard InChI is InChI=1S/C41H56N4O6/c1-23(2)30-25(46)21-41(34-45-44-33(51-34)32-42-19-10-20-43-32)18-17-39(8)24(31(30)41)11-12-27-38(7)15-14-28(50-29(47)22-36(3,4)35(48)49)37(5,6)26(38)13-16-40(27,39)9/h10,19-20,23-24,26-28H,11-18,21-22H2,1-9H3,(H,48,49). The summed E-state index contributed by atoms with van der Waals surface area (Å²) in [6.07, 6.45) is 11.0. The molecule has 8 unspecified atom stereocenters. The Labute approximate surface area is 302 Å². The van der Waals surface area contributed by atoms with Crippen LogP contribution < -0.4 is 0 Å². The first-order chi connectivity index (χ1) is 23.8. The van der Waals surface area contributed by atoms with Crippen molar-refractivity contribution in [1.29, 1.82) is 0 Å². The van der Waals surface area contributed by atoms with Gasteiger partial charge in [0, 0.05) is 24.2 Å². The average molecular weight is 701 g/mol. The smallest absolute Gasteiger partial charge is 0.309 e. The van der Waals surface area contributed by atoms with E-state index in [0.29, 0.717) is 30.0 Å². The second-order valence-corrected chi connectivity index (χ2v) is 19.0. The molecule has 10 nitrogen and oxygen atoms in total. The number of aromatic nitrogens is 4. The number of hydrogen-bond acceptors (Lipinski definition) is 9. The molecule has 51 heavy (non-hydrogen) atoms. The first kappa shape index (κ1) is 36.0. The average Bonchev–Trinajstić information content (AvgIpc) is 3.67. The Hall–Kier alpha value is -3.43. The lowest BCUT2D eigenvalue weighted by molar-refractivity contribution is -0.232. The van der Waals surface area contributed by atoms with E-state index in [2.05, 4.69) is 68.6 Å². The number of rotatable bonds is 7. The molecule has 8 atom stereocenters. The third-order valence-corrected chi connectivity index (χ3v) is 15.4. The fourth-order valence-corrected chi connectivity index (χ4v) is 12.6. The van der Waals surface area contributed by atoms with Gasteiger partial charge in [-0.3, -0.25) is 14.4 Å². The number of carboxylic acid groups (broad SMARTS) is 1. The summed E-state index contributed by atoms with van der Waals surface area (Å²) in [6.45, 7) is 19.6. The summed E-state index contributed by atoms with van der Waals surface area (Å²) in [5, 5.41) is 18.6. The minimum Gasteiger partial charge on any atom is -0.481 e. The lowest BCUT2D eigenvalue weighted by atomic mass is 9.33. The van der Waals surface area contributed by atoms with Gasteiger partial charge in [-0.1, -0.05) is 48.5 Å². The van der Waals surface area contributed by atoms with Crippen molar-refractivity contribution in [2.24, 2.45) is 50.7 Å². The van der Waals surface area contributed by atoms with Crippen molar-refractivity contribution in [2.45, 2.75) is 138 Å². The highest BCUT2D eigenvalue weighted by Crippen LogP contribution is 2.76. The Kier molecular flexibility index (Phi) is 8.31. The van der Waals surface area contributed by atoms with Crippen LogP contribution in [0.25, 0.3) is 11.7 Å². The van der Waals surface area contributed by atoms with Crippen LogP contribution in [0.3, 0.4) is 0 Å². The molecule has 4 fully saturated rings. The molecule has 0 radical (unpaired) electrons. The van der Waals surface area contributed by atoms with Crippen molar-refractivity contribution in [2.75, 3.05) is 0 Å². The zero-order chi connectivity index (χ0) is 36.9. The van der Waals surface area contributed by atoms with Gasteiger partial charge in [-0.15, -0.1) is 10.2 Å². The summed E-state index contributed by atoms with van der Waals surface area (Å²) in [5.41, 5.74) is 0.265. The molecule has 10 heteroatoms. The topological polar surface area (TPSA) is 145 Å². The fourth-order valence-electron chi connectivity index (χ4n) is 12.6. The van der Waals surface area contributed by atoms with E-state index in [1.807, 2.05) is 0 Å². The van der Waals surface area contributed by atoms with Crippen molar-refractivity contribution in [3.8, 4) is 11.7 Å². The SMILES string of the molecule is CC(C)C1=C2C3CCC4C5(C)CCC(OC(=O)CC(C)(C)C(=O)O)C(C)(C)C5CCC4(C)C3(C)CCC2(c2nnc(-c3ncccn3)o2)CC1=O. The number of Topliss-reactive ketones (excluding diaryl/α,β-unsaturated/α-hetero) is 1. The van der Waals surface area contributed by atoms with Gasteiger partial charge in [-0.25, -0.2) is 9.97 Å². The van der Waals surface area contributed by atoms with Crippen molar-refractivity contribution in [3.05, 3.63) is 35.5 Å². The number of carbonyl (C=O) groups excluding carboxylic acids is 2. The van der Waals surface area contributed by atoms with Crippen LogP contribution in [0.4, 0.5) is 0 Å². The molecule has 0 aromatic carbocycles. The maximum Gasteiger partial charge on any atom is 0.309 e. The van der Waals surface area contributed by atoms with E-state index in [-0.39, 0.29) is 57.7 Å². The number of carboxylic acids is 1. The number of carbonyl (C=O) groups is 3. The van der Waals surface area contributed by atoms with Crippen LogP contribution in [-0.2, 0) is 24.5 Å². The first-order valence-electron chi connectivity index (χ1n) is 19.1. The molecule has 0 spiro atoms. The predicted molar refractivity (Wildman–Crippen MR) is 190 cm³/mol. The monoisotopic (exact) mass is 700 g/mol. The lowest BCUT2D eigenvalue weighted by Gasteiger charge is -2.72. The van der Waals surface area contributed by atoms with E-state index in [0.717, 1.165) is 56.9 Å². The number of aliphatic carboxylic acids is 1. The van der Waals surface area contributed by atoms with Crippen molar-refractivity contribution in [1.82, 2.24) is 20.2 Å². The van der Waals surface area contributed by atoms with Gasteiger partial charge in [0.15, 0.2) is 5.78 Å². The van der Waals surface area contributed by atoms with Gasteiger partial charge >= 0.3 is 11.9 Å². The highest BCUT2D eigenvalue weighted by atomic mass is 16.5. The van der Waals surface area contributed by atoms with Gasteiger partial charge in [0.25, 0.3) is 5.89 Å². The van der Waals surface area contributed by atoms with Crippen LogP contribution in [0.5, 0.6) is 0 Å². The highest BCUT2D eigenvalue weighted by Gasteiger charge is 2.71. The minimum absolute atomic E-state index is 0.0330. The molecule has 0 bridgehead atoms. The van der Waals surface area contributed by atoms with Gasteiger partial charge in [0.1, 0.15) is 6.10 Å². The first-order valence-corrected chi connectivity index (χ1v) is 19.1. The minimum atomic E-state index is -1.17. The van der Waals surface area contributed by atoms with Crippen LogP contribution in [-0.4, -0.2) is 49.1 Å². The van der Waals surface area contributed by atoms with Crippen LogP contribution in [0.1, 0.15) is 132 Å². The normalized spacial score (nSPS) is 37.3. The quantitative estimate of drug-likeness (QED) is 0.281. The Balaban J connectivity index is 1.21. The molecule has 5 aliphatic rings. The molecule has 5 aliphatic carbocycles. The zero-order valence-electron chi connectivity index (χ0n) is 32.0. The molecule has 0 saturated heterocycles. The second kappa shape index (κ2) is 11.8. The summed E-state index contributed by atoms with van der Waals surface area (Å²) < 4.78 is 12.6. The van der Waals surface area contributed by atoms with E-state index in [4.69, 9.17) is 9.15 Å². The van der Waals surface area contributed by atoms with E-state index in [9.17, 15) is 19.5 Å². The van der Waals surface area contributed by atoms with Crippen LogP contribution in [0.2, 0.25) is 0 Å². The summed E-state index contributed by atoms with van der Waals surface area (Å²) in [4.78, 5) is 47.6. The molecule has 276 valence electrons. The number of nitrogens with zero attached hydrogens (tertiary/aromatic N) is 4. The number of fused-ring (bicyclic) bond motifs is 7. The molecule has 4 saturated carbocycles. The van der Waals surface area contributed by atoms with Crippen molar-refractivity contribution >= 4 is 17.7 Å². The Morgan fingerprint density at radius 2 is 1.65 bits per heavy atom. The number of hydrogen-bond donors (Lipinski definition) is 1. The van der Waals surface area contributed by atoms with Gasteiger partial charge in [-0.05, 0) is 122 Å². The number of allylic oxidation sites excluding steroid dienone is 2. The summed E-state index contributed by atoms with van der Waals surface area (Å²) in [6, 6.07) is 1.75. The molecule has 7 rings (SSSR count).